The molecule has 1 heterocycles. The molecular formula is C10H13ClN2O2S. The van der Waals surface area contributed by atoms with Gasteiger partial charge in [-0.2, -0.15) is 4.31 Å². The maximum Gasteiger partial charge on any atom is 0.243 e. The van der Waals surface area contributed by atoms with Crippen LogP contribution in [0.3, 0.4) is 0 Å². The monoisotopic (exact) mass is 260 g/mol. The van der Waals surface area contributed by atoms with Crippen molar-refractivity contribution in [3.8, 4) is 0 Å². The molecule has 0 aliphatic heterocycles. The maximum atomic E-state index is 12.2. The Morgan fingerprint density at radius 2 is 2.25 bits per heavy atom. The van der Waals surface area contributed by atoms with Crippen LogP contribution in [-0.2, 0) is 10.0 Å². The smallest absolute Gasteiger partial charge is 0.243 e. The van der Waals surface area contributed by atoms with Crippen LogP contribution in [0.25, 0.3) is 0 Å². The molecule has 1 aromatic rings. The Hall–Kier alpha value is -0.650. The quantitative estimate of drug-likeness (QED) is 0.777. The van der Waals surface area contributed by atoms with Gasteiger partial charge in [-0.15, -0.1) is 0 Å². The molecule has 0 amide bonds. The third kappa shape index (κ3) is 2.21. The van der Waals surface area contributed by atoms with Gasteiger partial charge in [-0.3, -0.25) is 0 Å². The van der Waals surface area contributed by atoms with E-state index in [0.717, 1.165) is 12.8 Å². The fraction of sp³-hybridized carbons (Fsp3) is 0.500. The lowest BCUT2D eigenvalue weighted by Crippen LogP contribution is -2.32. The van der Waals surface area contributed by atoms with Crippen LogP contribution in [0.5, 0.6) is 0 Å². The summed E-state index contributed by atoms with van der Waals surface area (Å²) < 4.78 is 26.0. The highest BCUT2D eigenvalue weighted by molar-refractivity contribution is 7.89. The number of pyridine rings is 1. The molecule has 16 heavy (non-hydrogen) atoms. The lowest BCUT2D eigenvalue weighted by molar-refractivity contribution is 0.421. The molecule has 0 unspecified atom stereocenters. The first-order chi connectivity index (χ1) is 7.55. The average molecular weight is 261 g/mol. The van der Waals surface area contributed by atoms with Crippen molar-refractivity contribution in [3.05, 3.63) is 23.5 Å². The number of sulfonamides is 1. The van der Waals surface area contributed by atoms with Gasteiger partial charge in [-0.05, 0) is 25.0 Å². The molecule has 0 aromatic carbocycles. The second-order valence-electron chi connectivity index (χ2n) is 3.75. The maximum absolute atomic E-state index is 12.2. The Labute approximate surface area is 100 Å². The molecule has 88 valence electrons. The van der Waals surface area contributed by atoms with Crippen LogP contribution < -0.4 is 0 Å². The molecule has 0 atom stereocenters. The molecule has 2 rings (SSSR count). The van der Waals surface area contributed by atoms with Crippen molar-refractivity contribution in [1.82, 2.24) is 9.29 Å². The second kappa shape index (κ2) is 4.31. The summed E-state index contributed by atoms with van der Waals surface area (Å²) in [6, 6.07) is 3.04. The predicted molar refractivity (Wildman–Crippen MR) is 61.8 cm³/mol. The van der Waals surface area contributed by atoms with E-state index in [2.05, 4.69) is 4.98 Å². The highest BCUT2D eigenvalue weighted by Crippen LogP contribution is 2.31. The van der Waals surface area contributed by atoms with Crippen LogP contribution >= 0.6 is 11.6 Å². The van der Waals surface area contributed by atoms with E-state index in [-0.39, 0.29) is 16.1 Å². The first-order valence-electron chi connectivity index (χ1n) is 5.19. The molecule has 1 aromatic heterocycles. The fourth-order valence-corrected chi connectivity index (χ4v) is 3.61. The van der Waals surface area contributed by atoms with Crippen LogP contribution in [0.2, 0.25) is 5.15 Å². The summed E-state index contributed by atoms with van der Waals surface area (Å²) >= 11 is 5.70. The van der Waals surface area contributed by atoms with Crippen molar-refractivity contribution < 1.29 is 8.42 Å². The van der Waals surface area contributed by atoms with Gasteiger partial charge in [0.05, 0.1) is 4.90 Å². The number of hydrogen-bond donors (Lipinski definition) is 0. The van der Waals surface area contributed by atoms with Gasteiger partial charge in [-0.1, -0.05) is 18.5 Å². The molecule has 0 saturated heterocycles. The molecule has 1 saturated carbocycles. The van der Waals surface area contributed by atoms with Gasteiger partial charge in [-0.25, -0.2) is 13.4 Å². The van der Waals surface area contributed by atoms with Crippen molar-refractivity contribution in [3.63, 3.8) is 0 Å². The van der Waals surface area contributed by atoms with Gasteiger partial charge in [0, 0.05) is 18.8 Å². The minimum atomic E-state index is -3.40. The molecule has 1 aliphatic carbocycles. The summed E-state index contributed by atoms with van der Waals surface area (Å²) in [6.45, 7) is 2.34. The molecular weight excluding hydrogens is 248 g/mol. The topological polar surface area (TPSA) is 50.3 Å². The zero-order valence-corrected chi connectivity index (χ0v) is 10.5. The summed E-state index contributed by atoms with van der Waals surface area (Å²) in [5.41, 5.74) is 0. The summed E-state index contributed by atoms with van der Waals surface area (Å²) in [6.07, 6.45) is 3.31. The number of rotatable bonds is 4. The first-order valence-corrected chi connectivity index (χ1v) is 7.01. The van der Waals surface area contributed by atoms with E-state index in [1.165, 1.54) is 22.6 Å². The van der Waals surface area contributed by atoms with E-state index >= 15 is 0 Å². The van der Waals surface area contributed by atoms with E-state index in [1.54, 1.807) is 0 Å². The molecule has 0 spiro atoms. The van der Waals surface area contributed by atoms with Crippen molar-refractivity contribution in [2.24, 2.45) is 0 Å². The van der Waals surface area contributed by atoms with E-state index in [0.29, 0.717) is 6.54 Å². The Balaban J connectivity index is 2.37. The van der Waals surface area contributed by atoms with Gasteiger partial charge < -0.3 is 0 Å². The predicted octanol–water partition coefficient (Wildman–Crippen LogP) is 1.91. The van der Waals surface area contributed by atoms with Crippen LogP contribution in [0.15, 0.2) is 23.2 Å². The Bertz CT molecular complexity index is 485. The van der Waals surface area contributed by atoms with Gasteiger partial charge in [0.2, 0.25) is 10.0 Å². The van der Waals surface area contributed by atoms with Gasteiger partial charge in [0.25, 0.3) is 0 Å². The molecule has 4 nitrogen and oxygen atoms in total. The zero-order valence-electron chi connectivity index (χ0n) is 8.93. The lowest BCUT2D eigenvalue weighted by atomic mass is 10.5. The number of halogens is 1. The van der Waals surface area contributed by atoms with E-state index in [9.17, 15) is 8.42 Å². The summed E-state index contributed by atoms with van der Waals surface area (Å²) in [7, 11) is -3.40. The normalized spacial score (nSPS) is 16.7. The zero-order chi connectivity index (χ0) is 11.8. The Morgan fingerprint density at radius 3 is 2.75 bits per heavy atom. The van der Waals surface area contributed by atoms with Gasteiger partial charge >= 0.3 is 0 Å². The minimum absolute atomic E-state index is 0.168. The van der Waals surface area contributed by atoms with Crippen LogP contribution in [0, 0.1) is 0 Å². The molecule has 1 fully saturated rings. The summed E-state index contributed by atoms with van der Waals surface area (Å²) in [4.78, 5) is 4.00. The SMILES string of the molecule is CCN(C1CC1)S(=O)(=O)c1ccnc(Cl)c1. The number of nitrogens with zero attached hydrogens (tertiary/aromatic N) is 2. The van der Waals surface area contributed by atoms with Crippen LogP contribution in [0.1, 0.15) is 19.8 Å². The molecule has 6 heteroatoms. The fourth-order valence-electron chi connectivity index (χ4n) is 1.67. The average Bonchev–Trinajstić information content (AvgIpc) is 3.03. The number of aromatic nitrogens is 1. The lowest BCUT2D eigenvalue weighted by Gasteiger charge is -2.19. The summed E-state index contributed by atoms with van der Waals surface area (Å²) in [5.74, 6) is 0. The van der Waals surface area contributed by atoms with Crippen molar-refractivity contribution in [2.75, 3.05) is 6.54 Å². The third-order valence-electron chi connectivity index (χ3n) is 2.57. The Morgan fingerprint density at radius 1 is 1.56 bits per heavy atom. The Kier molecular flexibility index (Phi) is 3.19. The van der Waals surface area contributed by atoms with Gasteiger partial charge in [0.15, 0.2) is 0 Å². The van der Waals surface area contributed by atoms with E-state index in [4.69, 9.17) is 11.6 Å². The highest BCUT2D eigenvalue weighted by atomic mass is 35.5. The van der Waals surface area contributed by atoms with Crippen molar-refractivity contribution >= 4 is 21.6 Å². The molecule has 0 radical (unpaired) electrons. The number of hydrogen-bond acceptors (Lipinski definition) is 3. The van der Waals surface area contributed by atoms with Crippen molar-refractivity contribution in [2.45, 2.75) is 30.7 Å². The minimum Gasteiger partial charge on any atom is -0.244 e. The second-order valence-corrected chi connectivity index (χ2v) is 6.03. The molecule has 0 bridgehead atoms. The first kappa shape index (κ1) is 11.8. The van der Waals surface area contributed by atoms with E-state index < -0.39 is 10.0 Å². The van der Waals surface area contributed by atoms with E-state index in [1.807, 2.05) is 6.92 Å². The van der Waals surface area contributed by atoms with Crippen LogP contribution in [-0.4, -0.2) is 30.3 Å². The molecule has 0 N–H and O–H groups in total. The van der Waals surface area contributed by atoms with Crippen molar-refractivity contribution in [1.29, 1.82) is 0 Å². The largest absolute Gasteiger partial charge is 0.244 e. The molecule has 1 aliphatic rings. The third-order valence-corrected chi connectivity index (χ3v) is 4.80. The highest BCUT2D eigenvalue weighted by Gasteiger charge is 2.36. The van der Waals surface area contributed by atoms with Gasteiger partial charge in [0.1, 0.15) is 5.15 Å². The standard InChI is InChI=1S/C10H13ClN2O2S/c1-2-13(8-3-4-8)16(14,15)9-5-6-12-10(11)7-9/h5-8H,2-4H2,1H3. The summed E-state index contributed by atoms with van der Waals surface area (Å²) in [5, 5.41) is 0.202. The van der Waals surface area contributed by atoms with Crippen LogP contribution in [0.4, 0.5) is 0 Å².